The molecule has 0 aromatic heterocycles. The fourth-order valence-electron chi connectivity index (χ4n) is 2.18. The van der Waals surface area contributed by atoms with E-state index < -0.39 is 0 Å². The van der Waals surface area contributed by atoms with Crippen molar-refractivity contribution in [2.24, 2.45) is 5.92 Å². The third kappa shape index (κ3) is 7.32. The smallest absolute Gasteiger partial charge is 0.0259 e. The summed E-state index contributed by atoms with van der Waals surface area (Å²) in [6.45, 7) is 4.60. The molecule has 100 valence electrons. The molecule has 0 spiro atoms. The van der Waals surface area contributed by atoms with Crippen LogP contribution in [0.3, 0.4) is 0 Å². The van der Waals surface area contributed by atoms with Crippen molar-refractivity contribution in [2.45, 2.75) is 58.8 Å². The maximum Gasteiger partial charge on any atom is -0.0259 e. The fourth-order valence-corrected chi connectivity index (χ4v) is 2.18. The van der Waals surface area contributed by atoms with E-state index in [0.717, 1.165) is 0 Å². The lowest BCUT2D eigenvalue weighted by Gasteiger charge is -2.06. The van der Waals surface area contributed by atoms with Crippen LogP contribution in [-0.4, -0.2) is 0 Å². The van der Waals surface area contributed by atoms with E-state index in [4.69, 9.17) is 0 Å². The van der Waals surface area contributed by atoms with Gasteiger partial charge in [0.2, 0.25) is 0 Å². The first-order chi connectivity index (χ1) is 8.83. The van der Waals surface area contributed by atoms with Gasteiger partial charge in [-0.2, -0.15) is 0 Å². The van der Waals surface area contributed by atoms with Gasteiger partial charge in [0.05, 0.1) is 0 Å². The van der Waals surface area contributed by atoms with E-state index in [-0.39, 0.29) is 0 Å². The molecule has 0 aliphatic heterocycles. The third-order valence-electron chi connectivity index (χ3n) is 3.43. The minimum atomic E-state index is 0.705. The minimum absolute atomic E-state index is 0.705. The Balaban J connectivity index is 2.10. The van der Waals surface area contributed by atoms with E-state index in [2.05, 4.69) is 56.3 Å². The van der Waals surface area contributed by atoms with E-state index in [9.17, 15) is 0 Å². The van der Waals surface area contributed by atoms with Crippen LogP contribution < -0.4 is 0 Å². The predicted molar refractivity (Wildman–Crippen MR) is 82.6 cm³/mol. The second-order valence-electron chi connectivity index (χ2n) is 5.30. The van der Waals surface area contributed by atoms with Gasteiger partial charge in [-0.25, -0.2) is 0 Å². The number of allylic oxidation sites excluding steroid dienone is 1. The van der Waals surface area contributed by atoms with Gasteiger partial charge >= 0.3 is 0 Å². The Bertz CT molecular complexity index is 310. The summed E-state index contributed by atoms with van der Waals surface area (Å²) >= 11 is 0. The van der Waals surface area contributed by atoms with Gasteiger partial charge in [0.1, 0.15) is 0 Å². The molecule has 0 radical (unpaired) electrons. The van der Waals surface area contributed by atoms with Crippen molar-refractivity contribution >= 4 is 6.08 Å². The highest BCUT2D eigenvalue weighted by molar-refractivity contribution is 5.48. The fraction of sp³-hybridized carbons (Fsp3) is 0.556. The van der Waals surface area contributed by atoms with Crippen LogP contribution in [-0.2, 0) is 0 Å². The van der Waals surface area contributed by atoms with Crippen molar-refractivity contribution in [3.63, 3.8) is 0 Å². The average Bonchev–Trinajstić information content (AvgIpc) is 2.41. The molecule has 1 unspecified atom stereocenters. The lowest BCUT2D eigenvalue weighted by Crippen LogP contribution is -1.89. The Hall–Kier alpha value is -1.04. The Morgan fingerprint density at radius 1 is 0.944 bits per heavy atom. The molecule has 0 aliphatic carbocycles. The summed E-state index contributed by atoms with van der Waals surface area (Å²) in [7, 11) is 0. The monoisotopic (exact) mass is 244 g/mol. The van der Waals surface area contributed by atoms with Crippen molar-refractivity contribution in [1.82, 2.24) is 0 Å². The molecule has 18 heavy (non-hydrogen) atoms. The molecule has 0 saturated heterocycles. The number of rotatable bonds is 9. The maximum absolute atomic E-state index is 2.35. The van der Waals surface area contributed by atoms with Crippen LogP contribution >= 0.6 is 0 Å². The largest absolute Gasteiger partial charge is 0.0811 e. The summed E-state index contributed by atoms with van der Waals surface area (Å²) in [6.07, 6.45) is 14.3. The van der Waals surface area contributed by atoms with Gasteiger partial charge < -0.3 is 0 Å². The van der Waals surface area contributed by atoms with E-state index >= 15 is 0 Å². The zero-order chi connectivity index (χ0) is 13.1. The SMILES string of the molecule is CCCCCCCCC(C)/C=C/c1ccccc1. The van der Waals surface area contributed by atoms with E-state index in [0.29, 0.717) is 5.92 Å². The Labute approximate surface area is 113 Å². The number of hydrogen-bond acceptors (Lipinski definition) is 0. The second kappa shape index (κ2) is 9.94. The molecule has 0 bridgehead atoms. The van der Waals surface area contributed by atoms with Gasteiger partial charge in [0, 0.05) is 0 Å². The van der Waals surface area contributed by atoms with Crippen molar-refractivity contribution in [3.8, 4) is 0 Å². The number of benzene rings is 1. The predicted octanol–water partition coefficient (Wildman–Crippen LogP) is 6.09. The Kier molecular flexibility index (Phi) is 8.29. The molecule has 1 atom stereocenters. The molecule has 0 N–H and O–H groups in total. The van der Waals surface area contributed by atoms with Crippen LogP contribution in [0.5, 0.6) is 0 Å². The molecule has 1 aromatic carbocycles. The highest BCUT2D eigenvalue weighted by atomic mass is 14.0. The second-order valence-corrected chi connectivity index (χ2v) is 5.30. The molecular weight excluding hydrogens is 216 g/mol. The minimum Gasteiger partial charge on any atom is -0.0811 e. The van der Waals surface area contributed by atoms with Crippen molar-refractivity contribution in [1.29, 1.82) is 0 Å². The van der Waals surface area contributed by atoms with Crippen molar-refractivity contribution in [2.75, 3.05) is 0 Å². The van der Waals surface area contributed by atoms with E-state index in [1.807, 2.05) is 0 Å². The van der Waals surface area contributed by atoms with Gasteiger partial charge in [0.25, 0.3) is 0 Å². The van der Waals surface area contributed by atoms with Crippen LogP contribution in [0.1, 0.15) is 64.4 Å². The summed E-state index contributed by atoms with van der Waals surface area (Å²) < 4.78 is 0. The lowest BCUT2D eigenvalue weighted by molar-refractivity contribution is 0.544. The molecule has 1 aromatic rings. The maximum atomic E-state index is 2.35. The molecule has 0 amide bonds. The van der Waals surface area contributed by atoms with Gasteiger partial charge in [0.15, 0.2) is 0 Å². The van der Waals surface area contributed by atoms with Crippen LogP contribution in [0.25, 0.3) is 6.08 Å². The molecule has 1 rings (SSSR count). The molecule has 0 aliphatic rings. The van der Waals surface area contributed by atoms with Crippen LogP contribution in [0.15, 0.2) is 36.4 Å². The van der Waals surface area contributed by atoms with Crippen molar-refractivity contribution < 1.29 is 0 Å². The first-order valence-corrected chi connectivity index (χ1v) is 7.56. The van der Waals surface area contributed by atoms with Crippen LogP contribution in [0.2, 0.25) is 0 Å². The zero-order valence-electron chi connectivity index (χ0n) is 12.1. The number of unbranched alkanes of at least 4 members (excludes halogenated alkanes) is 5. The normalized spacial score (nSPS) is 13.0. The molecule has 0 heteroatoms. The van der Waals surface area contributed by atoms with Crippen LogP contribution in [0, 0.1) is 5.92 Å². The number of hydrogen-bond donors (Lipinski definition) is 0. The molecule has 0 fully saturated rings. The summed E-state index contributed by atoms with van der Waals surface area (Å²) in [5.74, 6) is 0.705. The quantitative estimate of drug-likeness (QED) is 0.461. The highest BCUT2D eigenvalue weighted by Crippen LogP contribution is 2.14. The standard InChI is InChI=1S/C18H28/c1-3-4-5-6-7-9-12-17(2)15-16-18-13-10-8-11-14-18/h8,10-11,13-17H,3-7,9,12H2,1-2H3/b16-15+. The van der Waals surface area contributed by atoms with Crippen LogP contribution in [0.4, 0.5) is 0 Å². The highest BCUT2D eigenvalue weighted by Gasteiger charge is 1.97. The topological polar surface area (TPSA) is 0 Å². The Morgan fingerprint density at radius 2 is 1.61 bits per heavy atom. The van der Waals surface area contributed by atoms with Gasteiger partial charge in [-0.3, -0.25) is 0 Å². The summed E-state index contributed by atoms with van der Waals surface area (Å²) in [4.78, 5) is 0. The summed E-state index contributed by atoms with van der Waals surface area (Å²) in [6, 6.07) is 10.6. The first-order valence-electron chi connectivity index (χ1n) is 7.56. The molecular formula is C18H28. The van der Waals surface area contributed by atoms with E-state index in [1.165, 1.54) is 50.5 Å². The van der Waals surface area contributed by atoms with Gasteiger partial charge in [-0.05, 0) is 17.9 Å². The zero-order valence-corrected chi connectivity index (χ0v) is 12.1. The molecule has 0 heterocycles. The van der Waals surface area contributed by atoms with Gasteiger partial charge in [-0.15, -0.1) is 0 Å². The lowest BCUT2D eigenvalue weighted by atomic mass is 10.0. The Morgan fingerprint density at radius 3 is 2.33 bits per heavy atom. The first kappa shape index (κ1) is 15.0. The van der Waals surface area contributed by atoms with E-state index in [1.54, 1.807) is 0 Å². The average molecular weight is 244 g/mol. The summed E-state index contributed by atoms with van der Waals surface area (Å²) in [5, 5.41) is 0. The molecule has 0 nitrogen and oxygen atoms in total. The summed E-state index contributed by atoms with van der Waals surface area (Å²) in [5.41, 5.74) is 1.31. The third-order valence-corrected chi connectivity index (χ3v) is 3.43. The van der Waals surface area contributed by atoms with Crippen molar-refractivity contribution in [3.05, 3.63) is 42.0 Å². The molecule has 0 saturated carbocycles. The van der Waals surface area contributed by atoms with Gasteiger partial charge in [-0.1, -0.05) is 94.9 Å².